The number of nitrogens with zero attached hydrogens (tertiary/aromatic N) is 2. The minimum absolute atomic E-state index is 0.0288. The number of amides is 2. The van der Waals surface area contributed by atoms with Gasteiger partial charge >= 0.3 is 0 Å². The van der Waals surface area contributed by atoms with Crippen molar-refractivity contribution in [2.75, 3.05) is 37.7 Å². The summed E-state index contributed by atoms with van der Waals surface area (Å²) in [5, 5.41) is 0.864. The lowest BCUT2D eigenvalue weighted by Gasteiger charge is -2.36. The fraction of sp³-hybridized carbons (Fsp3) is 0.529. The van der Waals surface area contributed by atoms with Crippen molar-refractivity contribution < 1.29 is 18.0 Å². The number of piperazine rings is 1. The van der Waals surface area contributed by atoms with Gasteiger partial charge in [-0.25, -0.2) is 8.42 Å². The van der Waals surface area contributed by atoms with Gasteiger partial charge in [-0.2, -0.15) is 0 Å². The lowest BCUT2D eigenvalue weighted by molar-refractivity contribution is -0.141. The zero-order chi connectivity index (χ0) is 18.9. The highest BCUT2D eigenvalue weighted by molar-refractivity contribution is 7.91. The summed E-state index contributed by atoms with van der Waals surface area (Å²) in [5.41, 5.74) is 0.791. The van der Waals surface area contributed by atoms with E-state index in [1.807, 2.05) is 0 Å². The largest absolute Gasteiger partial charge is 0.339 e. The third-order valence-electron chi connectivity index (χ3n) is 4.87. The molecule has 0 bridgehead atoms. The van der Waals surface area contributed by atoms with Crippen molar-refractivity contribution in [3.63, 3.8) is 0 Å². The topological polar surface area (TPSA) is 74.8 Å². The lowest BCUT2D eigenvalue weighted by atomic mass is 10.1. The molecule has 2 aliphatic heterocycles. The fourth-order valence-electron chi connectivity index (χ4n) is 3.36. The molecule has 6 nitrogen and oxygen atoms in total. The Bertz CT molecular complexity index is 820. The molecule has 2 heterocycles. The van der Waals surface area contributed by atoms with E-state index >= 15 is 0 Å². The maximum Gasteiger partial charge on any atom is 0.227 e. The van der Waals surface area contributed by atoms with Crippen LogP contribution in [0.5, 0.6) is 0 Å². The van der Waals surface area contributed by atoms with Crippen LogP contribution < -0.4 is 0 Å². The summed E-state index contributed by atoms with van der Waals surface area (Å²) in [4.78, 5) is 28.3. The van der Waals surface area contributed by atoms with Crippen LogP contribution in [0.15, 0.2) is 18.2 Å². The van der Waals surface area contributed by atoms with Gasteiger partial charge in [-0.1, -0.05) is 29.3 Å². The van der Waals surface area contributed by atoms with Gasteiger partial charge in [-0.05, 0) is 24.1 Å². The van der Waals surface area contributed by atoms with Gasteiger partial charge < -0.3 is 9.80 Å². The van der Waals surface area contributed by atoms with Crippen molar-refractivity contribution in [1.29, 1.82) is 0 Å². The van der Waals surface area contributed by atoms with Gasteiger partial charge in [0, 0.05) is 26.2 Å². The SMILES string of the molecule is O=C(Cc1ccc(Cl)c(Cl)c1)N1CCN(C(=O)[C@H]2CCS(=O)(=O)C2)CC1. The van der Waals surface area contributed by atoms with E-state index in [0.29, 0.717) is 42.6 Å². The third-order valence-corrected chi connectivity index (χ3v) is 7.37. The van der Waals surface area contributed by atoms with Gasteiger partial charge in [0.2, 0.25) is 11.8 Å². The monoisotopic (exact) mass is 418 g/mol. The van der Waals surface area contributed by atoms with Gasteiger partial charge in [0.05, 0.1) is 33.9 Å². The summed E-state index contributed by atoms with van der Waals surface area (Å²) < 4.78 is 23.1. The zero-order valence-electron chi connectivity index (χ0n) is 14.2. The van der Waals surface area contributed by atoms with Crippen LogP contribution in [0.4, 0.5) is 0 Å². The molecule has 0 saturated carbocycles. The first-order valence-electron chi connectivity index (χ1n) is 8.46. The Morgan fingerprint density at radius 3 is 2.27 bits per heavy atom. The molecule has 3 rings (SSSR count). The number of hydrogen-bond acceptors (Lipinski definition) is 4. The molecular formula is C17H20Cl2N2O4S. The molecule has 142 valence electrons. The van der Waals surface area contributed by atoms with E-state index in [1.165, 1.54) is 0 Å². The first-order valence-corrected chi connectivity index (χ1v) is 11.0. The van der Waals surface area contributed by atoms with Crippen molar-refractivity contribution in [2.45, 2.75) is 12.8 Å². The molecule has 2 fully saturated rings. The Morgan fingerprint density at radius 2 is 1.69 bits per heavy atom. The Labute approximate surface area is 163 Å². The van der Waals surface area contributed by atoms with E-state index < -0.39 is 15.8 Å². The second-order valence-corrected chi connectivity index (χ2v) is 9.77. The Morgan fingerprint density at radius 1 is 1.04 bits per heavy atom. The molecule has 0 radical (unpaired) electrons. The van der Waals surface area contributed by atoms with Crippen molar-refractivity contribution in [3.05, 3.63) is 33.8 Å². The smallest absolute Gasteiger partial charge is 0.227 e. The molecule has 9 heteroatoms. The molecule has 0 unspecified atom stereocenters. The van der Waals surface area contributed by atoms with Gasteiger partial charge in [0.15, 0.2) is 9.84 Å². The Balaban J connectivity index is 1.52. The summed E-state index contributed by atoms with van der Waals surface area (Å²) in [6, 6.07) is 5.12. The van der Waals surface area contributed by atoms with E-state index in [-0.39, 0.29) is 29.7 Å². The lowest BCUT2D eigenvalue weighted by Crippen LogP contribution is -2.52. The number of hydrogen-bond donors (Lipinski definition) is 0. The minimum Gasteiger partial charge on any atom is -0.339 e. The predicted molar refractivity (Wildman–Crippen MR) is 100 cm³/mol. The molecule has 1 atom stereocenters. The second kappa shape index (κ2) is 7.74. The predicted octanol–water partition coefficient (Wildman–Crippen LogP) is 1.64. The molecule has 0 N–H and O–H groups in total. The number of carbonyl (C=O) groups is 2. The standard InChI is InChI=1S/C17H20Cl2N2O4S/c18-14-2-1-12(9-15(14)19)10-16(22)20-4-6-21(7-5-20)17(23)13-3-8-26(24,25)11-13/h1-2,9,13H,3-8,10-11H2/t13-/m0/s1. The Kier molecular flexibility index (Phi) is 5.79. The molecule has 1 aromatic rings. The molecule has 2 aliphatic rings. The maximum atomic E-state index is 12.5. The highest BCUT2D eigenvalue weighted by Crippen LogP contribution is 2.24. The van der Waals surface area contributed by atoms with Crippen LogP contribution >= 0.6 is 23.2 Å². The Hall–Kier alpha value is -1.31. The number of rotatable bonds is 3. The number of sulfone groups is 1. The van der Waals surface area contributed by atoms with E-state index in [9.17, 15) is 18.0 Å². The molecule has 0 aliphatic carbocycles. The maximum absolute atomic E-state index is 12.5. The van der Waals surface area contributed by atoms with Gasteiger partial charge in [0.1, 0.15) is 0 Å². The van der Waals surface area contributed by atoms with Crippen molar-refractivity contribution in [3.8, 4) is 0 Å². The van der Waals surface area contributed by atoms with Crippen LogP contribution in [0.1, 0.15) is 12.0 Å². The zero-order valence-corrected chi connectivity index (χ0v) is 16.5. The van der Waals surface area contributed by atoms with Crippen LogP contribution in [0.2, 0.25) is 10.0 Å². The van der Waals surface area contributed by atoms with E-state index in [0.717, 1.165) is 5.56 Å². The quantitative estimate of drug-likeness (QED) is 0.747. The van der Waals surface area contributed by atoms with Crippen LogP contribution in [-0.2, 0) is 25.8 Å². The summed E-state index contributed by atoms with van der Waals surface area (Å²) in [6.45, 7) is 1.77. The first kappa shape index (κ1) is 19.5. The third kappa shape index (κ3) is 4.50. The average molecular weight is 419 g/mol. The molecule has 1 aromatic carbocycles. The van der Waals surface area contributed by atoms with Crippen LogP contribution in [0.3, 0.4) is 0 Å². The molecule has 0 aromatic heterocycles. The van der Waals surface area contributed by atoms with E-state index in [2.05, 4.69) is 0 Å². The molecule has 26 heavy (non-hydrogen) atoms. The van der Waals surface area contributed by atoms with Gasteiger partial charge in [-0.15, -0.1) is 0 Å². The van der Waals surface area contributed by atoms with Crippen molar-refractivity contribution in [2.24, 2.45) is 5.92 Å². The summed E-state index contributed by atoms with van der Waals surface area (Å²) in [5.74, 6) is -0.534. The minimum atomic E-state index is -3.08. The highest BCUT2D eigenvalue weighted by atomic mass is 35.5. The van der Waals surface area contributed by atoms with E-state index in [1.54, 1.807) is 28.0 Å². The second-order valence-electron chi connectivity index (χ2n) is 6.73. The number of carbonyl (C=O) groups excluding carboxylic acids is 2. The molecule has 0 spiro atoms. The summed E-state index contributed by atoms with van der Waals surface area (Å²) in [7, 11) is -3.08. The molecule has 2 saturated heterocycles. The van der Waals surface area contributed by atoms with Crippen LogP contribution in [-0.4, -0.2) is 67.7 Å². The molecular weight excluding hydrogens is 399 g/mol. The molecule has 2 amide bonds. The first-order chi connectivity index (χ1) is 12.2. The van der Waals surface area contributed by atoms with Crippen LogP contribution in [0, 0.1) is 5.92 Å². The average Bonchev–Trinajstić information content (AvgIpc) is 2.97. The fourth-order valence-corrected chi connectivity index (χ4v) is 5.41. The number of halogens is 2. The van der Waals surface area contributed by atoms with Crippen LogP contribution in [0.25, 0.3) is 0 Å². The number of benzene rings is 1. The summed E-state index contributed by atoms with van der Waals surface area (Å²) in [6.07, 6.45) is 0.628. The van der Waals surface area contributed by atoms with Crippen molar-refractivity contribution >= 4 is 44.9 Å². The normalized spacial score (nSPS) is 22.5. The van der Waals surface area contributed by atoms with Gasteiger partial charge in [0.25, 0.3) is 0 Å². The van der Waals surface area contributed by atoms with E-state index in [4.69, 9.17) is 23.2 Å². The van der Waals surface area contributed by atoms with Crippen molar-refractivity contribution in [1.82, 2.24) is 9.80 Å². The highest BCUT2D eigenvalue weighted by Gasteiger charge is 2.36. The van der Waals surface area contributed by atoms with Gasteiger partial charge in [-0.3, -0.25) is 9.59 Å². The summed E-state index contributed by atoms with van der Waals surface area (Å²) >= 11 is 11.9.